The molecule has 2 rings (SSSR count). The van der Waals surface area contributed by atoms with Crippen molar-refractivity contribution in [3.05, 3.63) is 60.4 Å². The fraction of sp³-hybridized carbons (Fsp3) is 0.0769. The zero-order chi connectivity index (χ0) is 11.4. The molecular weight excluding hydrogens is 199 g/mol. The van der Waals surface area contributed by atoms with Crippen molar-refractivity contribution >= 4 is 13.3 Å². The molecule has 0 fully saturated rings. The smallest absolute Gasteiger partial charge is 0.526 e. The van der Waals surface area contributed by atoms with Crippen molar-refractivity contribution in [3.63, 3.8) is 0 Å². The molecule has 0 amide bonds. The average Bonchev–Trinajstić information content (AvgIpc) is 2.48. The van der Waals surface area contributed by atoms with Gasteiger partial charge in [0.05, 0.1) is 0 Å². The summed E-state index contributed by atoms with van der Waals surface area (Å²) in [7, 11) is 1.34. The highest BCUT2D eigenvalue weighted by atomic mass is 16.6. The van der Waals surface area contributed by atoms with Crippen LogP contribution in [0.25, 0.3) is 5.57 Å². The lowest BCUT2D eigenvalue weighted by Gasteiger charge is -2.08. The van der Waals surface area contributed by atoms with E-state index >= 15 is 0 Å². The normalized spacial score (nSPS) is 19.1. The molecule has 1 radical (unpaired) electrons. The van der Waals surface area contributed by atoms with Gasteiger partial charge in [-0.3, -0.25) is 0 Å². The first kappa shape index (κ1) is 10.6. The van der Waals surface area contributed by atoms with E-state index in [2.05, 4.69) is 6.58 Å². The fourth-order valence-corrected chi connectivity index (χ4v) is 1.65. The second-order valence-electron chi connectivity index (χ2n) is 3.30. The first-order valence-corrected chi connectivity index (χ1v) is 5.10. The Morgan fingerprint density at radius 2 is 2.06 bits per heavy atom. The van der Waals surface area contributed by atoms with E-state index in [0.29, 0.717) is 0 Å². The minimum absolute atomic E-state index is 0.738. The molecule has 1 aliphatic heterocycles. The third-order valence-electron chi connectivity index (χ3n) is 2.35. The highest BCUT2D eigenvalue weighted by molar-refractivity contribution is 6.21. The van der Waals surface area contributed by atoms with Gasteiger partial charge in [-0.2, -0.15) is 0 Å². The van der Waals surface area contributed by atoms with Gasteiger partial charge in [0.1, 0.15) is 11.5 Å². The van der Waals surface area contributed by atoms with E-state index in [1.165, 1.54) is 7.69 Å². The van der Waals surface area contributed by atoms with Crippen molar-refractivity contribution in [1.82, 2.24) is 0 Å². The molecule has 2 nitrogen and oxygen atoms in total. The minimum atomic E-state index is 0.738. The van der Waals surface area contributed by atoms with Gasteiger partial charge in [0.25, 0.3) is 0 Å². The summed E-state index contributed by atoms with van der Waals surface area (Å²) < 4.78 is 10.8. The zero-order valence-electron chi connectivity index (χ0n) is 9.14. The average molecular weight is 211 g/mol. The summed E-state index contributed by atoms with van der Waals surface area (Å²) >= 11 is 0. The molecule has 0 saturated heterocycles. The third kappa shape index (κ3) is 1.89. The molecule has 0 N–H and O–H groups in total. The van der Waals surface area contributed by atoms with Gasteiger partial charge in [-0.05, 0) is 19.1 Å². The Kier molecular flexibility index (Phi) is 3.15. The Morgan fingerprint density at radius 1 is 1.25 bits per heavy atom. The molecule has 0 bridgehead atoms. The fourth-order valence-electron chi connectivity index (χ4n) is 1.65. The number of benzene rings is 1. The van der Waals surface area contributed by atoms with Crippen LogP contribution < -0.4 is 4.65 Å². The molecule has 79 valence electrons. The van der Waals surface area contributed by atoms with Crippen LogP contribution in [0.1, 0.15) is 12.5 Å². The summed E-state index contributed by atoms with van der Waals surface area (Å²) in [5.74, 6) is 1.53. The first-order chi connectivity index (χ1) is 7.86. The molecule has 0 atom stereocenters. The molecular formula is C13H12BO2. The summed E-state index contributed by atoms with van der Waals surface area (Å²) in [6.07, 6.45) is 5.51. The minimum Gasteiger partial charge on any atom is -0.526 e. The van der Waals surface area contributed by atoms with E-state index in [-0.39, 0.29) is 0 Å². The molecule has 1 heterocycles. The van der Waals surface area contributed by atoms with Crippen LogP contribution in [-0.2, 0) is 4.65 Å². The highest BCUT2D eigenvalue weighted by Gasteiger charge is 2.18. The first-order valence-electron chi connectivity index (χ1n) is 5.10. The lowest BCUT2D eigenvalue weighted by Crippen LogP contribution is -2.04. The van der Waals surface area contributed by atoms with Gasteiger partial charge in [-0.1, -0.05) is 36.9 Å². The second kappa shape index (κ2) is 4.75. The zero-order valence-corrected chi connectivity index (χ0v) is 9.14. The molecule has 0 unspecified atom stereocenters. The van der Waals surface area contributed by atoms with Crippen LogP contribution in [0.3, 0.4) is 0 Å². The monoisotopic (exact) mass is 211 g/mol. The molecule has 1 aromatic carbocycles. The summed E-state index contributed by atoms with van der Waals surface area (Å²) in [6.45, 7) is 5.64. The van der Waals surface area contributed by atoms with Crippen LogP contribution in [0.15, 0.2) is 54.8 Å². The number of allylic oxidation sites excluding steroid dienone is 4. The van der Waals surface area contributed by atoms with Gasteiger partial charge >= 0.3 is 7.69 Å². The van der Waals surface area contributed by atoms with E-state index in [1.807, 2.05) is 43.3 Å². The Bertz CT molecular complexity index is 461. The summed E-state index contributed by atoms with van der Waals surface area (Å²) in [5.41, 5.74) is 2.02. The second-order valence-corrected chi connectivity index (χ2v) is 3.30. The Morgan fingerprint density at radius 3 is 2.81 bits per heavy atom. The van der Waals surface area contributed by atoms with Crippen LogP contribution in [0.2, 0.25) is 0 Å². The van der Waals surface area contributed by atoms with Crippen molar-refractivity contribution in [3.8, 4) is 5.75 Å². The SMILES string of the molecule is C=C/C=C1/O[B]Oc2ccccc2/C1=C/C. The molecule has 1 aromatic rings. The summed E-state index contributed by atoms with van der Waals surface area (Å²) in [5, 5.41) is 0. The maximum atomic E-state index is 5.40. The van der Waals surface area contributed by atoms with Gasteiger partial charge in [0.15, 0.2) is 0 Å². The number of hydrogen-bond acceptors (Lipinski definition) is 2. The van der Waals surface area contributed by atoms with Gasteiger partial charge in [-0.15, -0.1) is 0 Å². The van der Waals surface area contributed by atoms with Gasteiger partial charge in [0, 0.05) is 11.1 Å². The molecule has 1 aliphatic rings. The van der Waals surface area contributed by atoms with Crippen LogP contribution in [0.4, 0.5) is 0 Å². The Balaban J connectivity index is 2.55. The van der Waals surface area contributed by atoms with E-state index in [1.54, 1.807) is 6.08 Å². The molecule has 0 aliphatic carbocycles. The molecule has 3 heteroatoms. The van der Waals surface area contributed by atoms with Crippen molar-refractivity contribution in [2.75, 3.05) is 0 Å². The largest absolute Gasteiger partial charge is 0.658 e. The van der Waals surface area contributed by atoms with Gasteiger partial charge in [0.2, 0.25) is 0 Å². The van der Waals surface area contributed by atoms with Crippen molar-refractivity contribution < 1.29 is 9.31 Å². The predicted molar refractivity (Wildman–Crippen MR) is 65.8 cm³/mol. The lowest BCUT2D eigenvalue weighted by molar-refractivity contribution is 0.399. The van der Waals surface area contributed by atoms with Crippen molar-refractivity contribution in [2.45, 2.75) is 6.92 Å². The predicted octanol–water partition coefficient (Wildman–Crippen LogP) is 3.10. The number of fused-ring (bicyclic) bond motifs is 1. The number of hydrogen-bond donors (Lipinski definition) is 0. The summed E-state index contributed by atoms with van der Waals surface area (Å²) in [4.78, 5) is 0. The van der Waals surface area contributed by atoms with E-state index in [4.69, 9.17) is 9.31 Å². The van der Waals surface area contributed by atoms with Gasteiger partial charge in [-0.25, -0.2) is 0 Å². The number of para-hydroxylation sites is 1. The topological polar surface area (TPSA) is 18.5 Å². The Labute approximate surface area is 96.2 Å². The van der Waals surface area contributed by atoms with E-state index in [9.17, 15) is 0 Å². The maximum Gasteiger partial charge on any atom is 0.658 e. The third-order valence-corrected chi connectivity index (χ3v) is 2.35. The quantitative estimate of drug-likeness (QED) is 0.664. The standard InChI is InChI=1S/C13H12BO2/c1-3-7-12-10(4-2)11-8-5-6-9-13(11)16-14-15-12/h3-9H,1H2,2H3/b10-4-,12-7+. The maximum absolute atomic E-state index is 5.40. The summed E-state index contributed by atoms with van der Waals surface area (Å²) in [6, 6.07) is 7.82. The molecule has 16 heavy (non-hydrogen) atoms. The van der Waals surface area contributed by atoms with Crippen molar-refractivity contribution in [1.29, 1.82) is 0 Å². The van der Waals surface area contributed by atoms with Crippen LogP contribution in [0.5, 0.6) is 5.75 Å². The molecule has 0 saturated carbocycles. The lowest BCUT2D eigenvalue weighted by atomic mass is 10.0. The van der Waals surface area contributed by atoms with Crippen LogP contribution >= 0.6 is 0 Å². The highest BCUT2D eigenvalue weighted by Crippen LogP contribution is 2.33. The Hall–Kier alpha value is -1.90. The number of rotatable bonds is 1. The molecule has 0 aromatic heterocycles. The van der Waals surface area contributed by atoms with Crippen molar-refractivity contribution in [2.24, 2.45) is 0 Å². The van der Waals surface area contributed by atoms with Crippen LogP contribution in [0, 0.1) is 0 Å². The van der Waals surface area contributed by atoms with E-state index in [0.717, 1.165) is 22.6 Å². The van der Waals surface area contributed by atoms with Gasteiger partial charge < -0.3 is 9.31 Å². The van der Waals surface area contributed by atoms with E-state index < -0.39 is 0 Å². The van der Waals surface area contributed by atoms with Crippen LogP contribution in [-0.4, -0.2) is 7.69 Å². The molecule has 0 spiro atoms.